The number of hydrogen-bond donors (Lipinski definition) is 0. The van der Waals surface area contributed by atoms with Crippen molar-refractivity contribution in [1.82, 2.24) is 0 Å². The highest BCUT2D eigenvalue weighted by Crippen LogP contribution is 2.34. The van der Waals surface area contributed by atoms with Gasteiger partial charge in [-0.3, -0.25) is 0 Å². The molecule has 0 N–H and O–H groups in total. The van der Waals surface area contributed by atoms with Gasteiger partial charge in [-0.05, 0) is 12.3 Å². The van der Waals surface area contributed by atoms with Gasteiger partial charge in [0.1, 0.15) is 0 Å². The lowest BCUT2D eigenvalue weighted by Gasteiger charge is -2.35. The molecule has 1 fully saturated rings. The molecule has 0 heterocycles. The number of rotatable bonds is 8. The fourth-order valence-corrected chi connectivity index (χ4v) is 3.21. The zero-order chi connectivity index (χ0) is 12.5. The summed E-state index contributed by atoms with van der Waals surface area (Å²) in [5.41, 5.74) is 0. The van der Waals surface area contributed by atoms with Crippen LogP contribution in [0, 0.1) is 11.8 Å². The van der Waals surface area contributed by atoms with Crippen LogP contribution < -0.4 is 0 Å². The summed E-state index contributed by atoms with van der Waals surface area (Å²) in [5.74, 6) is 1.43. The molecule has 2 heteroatoms. The van der Waals surface area contributed by atoms with Crippen LogP contribution >= 0.6 is 0 Å². The molecule has 2 unspecified atom stereocenters. The van der Waals surface area contributed by atoms with E-state index < -0.39 is 0 Å². The van der Waals surface area contributed by atoms with Gasteiger partial charge in [0.05, 0.1) is 12.7 Å². The lowest BCUT2D eigenvalue weighted by Crippen LogP contribution is -2.34. The zero-order valence-corrected chi connectivity index (χ0v) is 11.9. The van der Waals surface area contributed by atoms with Crippen LogP contribution in [-0.2, 0) is 9.47 Å². The maximum absolute atomic E-state index is 5.74. The van der Waals surface area contributed by atoms with Gasteiger partial charge in [0.25, 0.3) is 0 Å². The highest BCUT2D eigenvalue weighted by molar-refractivity contribution is 4.80. The van der Waals surface area contributed by atoms with Crippen molar-refractivity contribution in [3.05, 3.63) is 0 Å². The second kappa shape index (κ2) is 8.93. The maximum atomic E-state index is 5.74. The van der Waals surface area contributed by atoms with Crippen LogP contribution in [-0.4, -0.2) is 26.9 Å². The predicted octanol–water partition coefficient (Wildman–Crippen LogP) is 4.03. The molecule has 0 aromatic heterocycles. The summed E-state index contributed by atoms with van der Waals surface area (Å²) < 4.78 is 11.2. The molecule has 17 heavy (non-hydrogen) atoms. The molecular weight excluding hydrogens is 212 g/mol. The average Bonchev–Trinajstić information content (AvgIpc) is 2.39. The maximum Gasteiger partial charge on any atom is 0.0624 e. The van der Waals surface area contributed by atoms with Crippen molar-refractivity contribution in [2.45, 2.75) is 64.4 Å². The molecule has 0 radical (unpaired) electrons. The highest BCUT2D eigenvalue weighted by Gasteiger charge is 2.30. The SMILES string of the molecule is CCCCC(OC)C(COC)C1CCCCC1. The third-order valence-electron chi connectivity index (χ3n) is 4.24. The van der Waals surface area contributed by atoms with E-state index in [1.54, 1.807) is 0 Å². The van der Waals surface area contributed by atoms with Crippen molar-refractivity contribution in [3.8, 4) is 0 Å². The topological polar surface area (TPSA) is 18.5 Å². The largest absolute Gasteiger partial charge is 0.384 e. The summed E-state index contributed by atoms with van der Waals surface area (Å²) >= 11 is 0. The van der Waals surface area contributed by atoms with E-state index in [0.717, 1.165) is 12.5 Å². The van der Waals surface area contributed by atoms with Crippen LogP contribution in [0.2, 0.25) is 0 Å². The van der Waals surface area contributed by atoms with Crippen molar-refractivity contribution in [2.24, 2.45) is 11.8 Å². The molecule has 1 aliphatic carbocycles. The van der Waals surface area contributed by atoms with Crippen molar-refractivity contribution < 1.29 is 9.47 Å². The summed E-state index contributed by atoms with van der Waals surface area (Å²) in [7, 11) is 3.69. The van der Waals surface area contributed by atoms with Gasteiger partial charge in [-0.15, -0.1) is 0 Å². The lowest BCUT2D eigenvalue weighted by molar-refractivity contribution is -0.0244. The molecule has 0 saturated heterocycles. The monoisotopic (exact) mass is 242 g/mol. The Morgan fingerprint density at radius 3 is 2.35 bits per heavy atom. The quantitative estimate of drug-likeness (QED) is 0.639. The summed E-state index contributed by atoms with van der Waals surface area (Å²) in [6.07, 6.45) is 11.1. The highest BCUT2D eigenvalue weighted by atomic mass is 16.5. The minimum absolute atomic E-state index is 0.401. The fraction of sp³-hybridized carbons (Fsp3) is 1.00. The van der Waals surface area contributed by atoms with Gasteiger partial charge < -0.3 is 9.47 Å². The Labute approximate surface area is 107 Å². The van der Waals surface area contributed by atoms with Crippen molar-refractivity contribution >= 4 is 0 Å². The Hall–Kier alpha value is -0.0800. The van der Waals surface area contributed by atoms with Crippen LogP contribution in [0.3, 0.4) is 0 Å². The first-order valence-electron chi connectivity index (χ1n) is 7.35. The average molecular weight is 242 g/mol. The predicted molar refractivity (Wildman–Crippen MR) is 72.3 cm³/mol. The van der Waals surface area contributed by atoms with Gasteiger partial charge in [0, 0.05) is 20.1 Å². The van der Waals surface area contributed by atoms with Gasteiger partial charge in [0.15, 0.2) is 0 Å². The first-order chi connectivity index (χ1) is 8.33. The van der Waals surface area contributed by atoms with E-state index in [4.69, 9.17) is 9.47 Å². The van der Waals surface area contributed by atoms with Gasteiger partial charge in [-0.1, -0.05) is 51.9 Å². The molecule has 0 amide bonds. The summed E-state index contributed by atoms with van der Waals surface area (Å²) in [6.45, 7) is 3.12. The van der Waals surface area contributed by atoms with E-state index >= 15 is 0 Å². The Morgan fingerprint density at radius 1 is 1.12 bits per heavy atom. The molecule has 1 aliphatic rings. The summed E-state index contributed by atoms with van der Waals surface area (Å²) in [5, 5.41) is 0. The van der Waals surface area contributed by atoms with E-state index in [2.05, 4.69) is 6.92 Å². The zero-order valence-electron chi connectivity index (χ0n) is 11.9. The van der Waals surface area contributed by atoms with Crippen molar-refractivity contribution in [1.29, 1.82) is 0 Å². The van der Waals surface area contributed by atoms with Crippen LogP contribution in [0.15, 0.2) is 0 Å². The molecule has 2 nitrogen and oxygen atoms in total. The van der Waals surface area contributed by atoms with Gasteiger partial charge in [-0.2, -0.15) is 0 Å². The Bertz CT molecular complexity index is 176. The molecule has 1 rings (SSSR count). The van der Waals surface area contributed by atoms with E-state index in [1.807, 2.05) is 14.2 Å². The van der Waals surface area contributed by atoms with E-state index in [9.17, 15) is 0 Å². The summed E-state index contributed by atoms with van der Waals surface area (Å²) in [6, 6.07) is 0. The number of methoxy groups -OCH3 is 2. The van der Waals surface area contributed by atoms with Crippen LogP contribution in [0.4, 0.5) is 0 Å². The lowest BCUT2D eigenvalue weighted by atomic mass is 9.77. The fourth-order valence-electron chi connectivity index (χ4n) is 3.21. The standard InChI is InChI=1S/C15H30O2/c1-4-5-11-15(17-3)14(12-16-2)13-9-7-6-8-10-13/h13-15H,4-12H2,1-3H3. The molecular formula is C15H30O2. The minimum Gasteiger partial charge on any atom is -0.384 e. The van der Waals surface area contributed by atoms with Gasteiger partial charge >= 0.3 is 0 Å². The van der Waals surface area contributed by atoms with Crippen LogP contribution in [0.1, 0.15) is 58.3 Å². The molecule has 0 aromatic carbocycles. The Kier molecular flexibility index (Phi) is 7.87. The third kappa shape index (κ3) is 4.97. The molecule has 0 spiro atoms. The number of ether oxygens (including phenoxy) is 2. The first-order valence-corrected chi connectivity index (χ1v) is 7.35. The Balaban J connectivity index is 2.53. The van der Waals surface area contributed by atoms with Crippen molar-refractivity contribution in [3.63, 3.8) is 0 Å². The van der Waals surface area contributed by atoms with Crippen molar-refractivity contribution in [2.75, 3.05) is 20.8 Å². The van der Waals surface area contributed by atoms with Crippen LogP contribution in [0.25, 0.3) is 0 Å². The first kappa shape index (κ1) is 15.0. The van der Waals surface area contributed by atoms with E-state index in [-0.39, 0.29) is 0 Å². The van der Waals surface area contributed by atoms with E-state index in [1.165, 1.54) is 51.4 Å². The molecule has 0 aromatic rings. The van der Waals surface area contributed by atoms with E-state index in [0.29, 0.717) is 12.0 Å². The normalized spacial score (nSPS) is 21.4. The third-order valence-corrected chi connectivity index (χ3v) is 4.24. The molecule has 102 valence electrons. The number of unbranched alkanes of at least 4 members (excludes halogenated alkanes) is 1. The Morgan fingerprint density at radius 2 is 1.82 bits per heavy atom. The number of hydrogen-bond acceptors (Lipinski definition) is 2. The smallest absolute Gasteiger partial charge is 0.0624 e. The van der Waals surface area contributed by atoms with Crippen LogP contribution in [0.5, 0.6) is 0 Å². The second-order valence-corrected chi connectivity index (χ2v) is 5.43. The summed E-state index contributed by atoms with van der Waals surface area (Å²) in [4.78, 5) is 0. The molecule has 0 aliphatic heterocycles. The second-order valence-electron chi connectivity index (χ2n) is 5.43. The molecule has 2 atom stereocenters. The van der Waals surface area contributed by atoms with Gasteiger partial charge in [-0.25, -0.2) is 0 Å². The molecule has 1 saturated carbocycles. The van der Waals surface area contributed by atoms with Gasteiger partial charge in [0.2, 0.25) is 0 Å². The molecule has 0 bridgehead atoms. The minimum atomic E-state index is 0.401.